The molecule has 90 valence electrons. The summed E-state index contributed by atoms with van der Waals surface area (Å²) in [7, 11) is 0. The Kier molecular flexibility index (Phi) is 6.86. The highest BCUT2D eigenvalue weighted by Gasteiger charge is 2.04. The highest BCUT2D eigenvalue weighted by molar-refractivity contribution is 5.14. The first kappa shape index (κ1) is 13.2. The van der Waals surface area contributed by atoms with Gasteiger partial charge >= 0.3 is 0 Å². The SMILES string of the molecule is CCC(CCO)CNCCc1ccccc1. The first-order valence-corrected chi connectivity index (χ1v) is 6.22. The van der Waals surface area contributed by atoms with Gasteiger partial charge in [-0.15, -0.1) is 0 Å². The molecular formula is C14H23NO. The lowest BCUT2D eigenvalue weighted by Gasteiger charge is -2.14. The van der Waals surface area contributed by atoms with Gasteiger partial charge in [0.15, 0.2) is 0 Å². The quantitative estimate of drug-likeness (QED) is 0.660. The molecule has 1 aromatic carbocycles. The molecular weight excluding hydrogens is 198 g/mol. The van der Waals surface area contributed by atoms with Crippen LogP contribution in [0.5, 0.6) is 0 Å². The number of nitrogens with one attached hydrogen (secondary N) is 1. The third-order valence-electron chi connectivity index (χ3n) is 2.98. The maximum absolute atomic E-state index is 8.87. The molecule has 0 aliphatic heterocycles. The van der Waals surface area contributed by atoms with Gasteiger partial charge < -0.3 is 10.4 Å². The van der Waals surface area contributed by atoms with Crippen LogP contribution in [0.25, 0.3) is 0 Å². The van der Waals surface area contributed by atoms with Crippen molar-refractivity contribution < 1.29 is 5.11 Å². The van der Waals surface area contributed by atoms with Crippen LogP contribution < -0.4 is 5.32 Å². The Hall–Kier alpha value is -0.860. The summed E-state index contributed by atoms with van der Waals surface area (Å²) < 4.78 is 0. The van der Waals surface area contributed by atoms with E-state index in [9.17, 15) is 0 Å². The Morgan fingerprint density at radius 3 is 2.62 bits per heavy atom. The van der Waals surface area contributed by atoms with Crippen molar-refractivity contribution in [3.8, 4) is 0 Å². The monoisotopic (exact) mass is 221 g/mol. The lowest BCUT2D eigenvalue weighted by molar-refractivity contribution is 0.251. The molecule has 0 radical (unpaired) electrons. The number of hydrogen-bond donors (Lipinski definition) is 2. The fourth-order valence-corrected chi connectivity index (χ4v) is 1.82. The Morgan fingerprint density at radius 1 is 1.25 bits per heavy atom. The number of aliphatic hydroxyl groups is 1. The van der Waals surface area contributed by atoms with Crippen LogP contribution in [0.15, 0.2) is 30.3 Å². The summed E-state index contributed by atoms with van der Waals surface area (Å²) in [6, 6.07) is 10.5. The van der Waals surface area contributed by atoms with Crippen LogP contribution in [0.3, 0.4) is 0 Å². The third kappa shape index (κ3) is 5.29. The van der Waals surface area contributed by atoms with Gasteiger partial charge in [-0.1, -0.05) is 43.7 Å². The molecule has 0 heterocycles. The summed E-state index contributed by atoms with van der Waals surface area (Å²) in [5, 5.41) is 12.3. The summed E-state index contributed by atoms with van der Waals surface area (Å²) in [6.07, 6.45) is 3.13. The largest absolute Gasteiger partial charge is 0.396 e. The molecule has 0 saturated heterocycles. The Balaban J connectivity index is 2.11. The lowest BCUT2D eigenvalue weighted by Crippen LogP contribution is -2.25. The van der Waals surface area contributed by atoms with Gasteiger partial charge in [-0.2, -0.15) is 0 Å². The van der Waals surface area contributed by atoms with Gasteiger partial charge in [-0.3, -0.25) is 0 Å². The standard InChI is InChI=1S/C14H23NO/c1-2-13(9-11-16)12-15-10-8-14-6-4-3-5-7-14/h3-7,13,15-16H,2,8-12H2,1H3. The van der Waals surface area contributed by atoms with Crippen molar-refractivity contribution in [2.75, 3.05) is 19.7 Å². The highest BCUT2D eigenvalue weighted by atomic mass is 16.3. The second-order valence-corrected chi connectivity index (χ2v) is 4.23. The van der Waals surface area contributed by atoms with Crippen molar-refractivity contribution in [2.45, 2.75) is 26.2 Å². The second kappa shape index (κ2) is 8.31. The summed E-state index contributed by atoms with van der Waals surface area (Å²) >= 11 is 0. The van der Waals surface area contributed by atoms with Crippen LogP contribution >= 0.6 is 0 Å². The van der Waals surface area contributed by atoms with Crippen molar-refractivity contribution in [1.29, 1.82) is 0 Å². The number of aliphatic hydroxyl groups excluding tert-OH is 1. The molecule has 0 aliphatic carbocycles. The fraction of sp³-hybridized carbons (Fsp3) is 0.571. The molecule has 2 N–H and O–H groups in total. The minimum Gasteiger partial charge on any atom is -0.396 e. The van der Waals surface area contributed by atoms with Crippen molar-refractivity contribution in [3.05, 3.63) is 35.9 Å². The average molecular weight is 221 g/mol. The second-order valence-electron chi connectivity index (χ2n) is 4.23. The molecule has 1 atom stereocenters. The molecule has 1 unspecified atom stereocenters. The van der Waals surface area contributed by atoms with E-state index in [0.29, 0.717) is 12.5 Å². The summed E-state index contributed by atoms with van der Waals surface area (Å²) in [5.41, 5.74) is 1.38. The van der Waals surface area contributed by atoms with Gasteiger partial charge in [0.25, 0.3) is 0 Å². The average Bonchev–Trinajstić information content (AvgIpc) is 2.34. The summed E-state index contributed by atoms with van der Waals surface area (Å²) in [5.74, 6) is 0.612. The Bertz CT molecular complexity index is 261. The van der Waals surface area contributed by atoms with Gasteiger partial charge in [0.2, 0.25) is 0 Å². The van der Waals surface area contributed by atoms with Crippen LogP contribution in [0.4, 0.5) is 0 Å². The van der Waals surface area contributed by atoms with Gasteiger partial charge in [0, 0.05) is 6.61 Å². The van der Waals surface area contributed by atoms with Crippen molar-refractivity contribution in [1.82, 2.24) is 5.32 Å². The van der Waals surface area contributed by atoms with Crippen LogP contribution in [0, 0.1) is 5.92 Å². The van der Waals surface area contributed by atoms with E-state index in [1.54, 1.807) is 0 Å². The molecule has 0 spiro atoms. The van der Waals surface area contributed by atoms with E-state index in [1.807, 2.05) is 6.07 Å². The molecule has 1 aromatic rings. The molecule has 0 fully saturated rings. The lowest BCUT2D eigenvalue weighted by atomic mass is 10.0. The van der Waals surface area contributed by atoms with E-state index in [0.717, 1.165) is 32.4 Å². The zero-order valence-electron chi connectivity index (χ0n) is 10.2. The van der Waals surface area contributed by atoms with Gasteiger partial charge in [0.1, 0.15) is 0 Å². The van der Waals surface area contributed by atoms with E-state index < -0.39 is 0 Å². The maximum Gasteiger partial charge on any atom is 0.0434 e. The molecule has 0 amide bonds. The summed E-state index contributed by atoms with van der Waals surface area (Å²) in [6.45, 7) is 4.52. The van der Waals surface area contributed by atoms with E-state index >= 15 is 0 Å². The Labute approximate surface area is 98.7 Å². The number of benzene rings is 1. The van der Waals surface area contributed by atoms with Crippen LogP contribution in [-0.2, 0) is 6.42 Å². The smallest absolute Gasteiger partial charge is 0.0434 e. The predicted octanol–water partition coefficient (Wildman–Crippen LogP) is 2.23. The molecule has 1 rings (SSSR count). The zero-order valence-corrected chi connectivity index (χ0v) is 10.2. The van der Waals surface area contributed by atoms with Gasteiger partial charge in [0.05, 0.1) is 0 Å². The molecule has 16 heavy (non-hydrogen) atoms. The van der Waals surface area contributed by atoms with Crippen LogP contribution in [-0.4, -0.2) is 24.8 Å². The van der Waals surface area contributed by atoms with Gasteiger partial charge in [-0.05, 0) is 37.4 Å². The molecule has 0 aromatic heterocycles. The number of hydrogen-bond acceptors (Lipinski definition) is 2. The molecule has 0 bridgehead atoms. The van der Waals surface area contributed by atoms with Crippen molar-refractivity contribution in [3.63, 3.8) is 0 Å². The van der Waals surface area contributed by atoms with Gasteiger partial charge in [-0.25, -0.2) is 0 Å². The minimum absolute atomic E-state index is 0.304. The number of rotatable bonds is 8. The minimum atomic E-state index is 0.304. The van der Waals surface area contributed by atoms with E-state index in [1.165, 1.54) is 5.56 Å². The normalized spacial score (nSPS) is 12.6. The molecule has 2 heteroatoms. The van der Waals surface area contributed by atoms with Crippen molar-refractivity contribution >= 4 is 0 Å². The maximum atomic E-state index is 8.87. The molecule has 0 saturated carbocycles. The van der Waals surface area contributed by atoms with E-state index in [-0.39, 0.29) is 0 Å². The van der Waals surface area contributed by atoms with Crippen LogP contribution in [0.1, 0.15) is 25.3 Å². The third-order valence-corrected chi connectivity index (χ3v) is 2.98. The van der Waals surface area contributed by atoms with E-state index in [4.69, 9.17) is 5.11 Å². The van der Waals surface area contributed by atoms with Crippen molar-refractivity contribution in [2.24, 2.45) is 5.92 Å². The summed E-state index contributed by atoms with van der Waals surface area (Å²) in [4.78, 5) is 0. The topological polar surface area (TPSA) is 32.3 Å². The zero-order chi connectivity index (χ0) is 11.6. The fourth-order valence-electron chi connectivity index (χ4n) is 1.82. The first-order chi connectivity index (χ1) is 7.86. The predicted molar refractivity (Wildman–Crippen MR) is 68.5 cm³/mol. The van der Waals surface area contributed by atoms with Crippen LogP contribution in [0.2, 0.25) is 0 Å². The molecule has 0 aliphatic rings. The van der Waals surface area contributed by atoms with E-state index in [2.05, 4.69) is 36.5 Å². The highest BCUT2D eigenvalue weighted by Crippen LogP contribution is 2.05. The molecule has 2 nitrogen and oxygen atoms in total. The first-order valence-electron chi connectivity index (χ1n) is 6.22. The Morgan fingerprint density at radius 2 is 2.00 bits per heavy atom.